The van der Waals surface area contributed by atoms with E-state index >= 15 is 0 Å². The molecule has 0 saturated carbocycles. The summed E-state index contributed by atoms with van der Waals surface area (Å²) in [6.07, 6.45) is 12.6. The normalized spacial score (nSPS) is 33.2. The van der Waals surface area contributed by atoms with Crippen LogP contribution >= 0.6 is 0 Å². The average molecular weight is 164 g/mol. The molecule has 0 nitrogen and oxygen atoms in total. The molecule has 12 heavy (non-hydrogen) atoms. The van der Waals surface area contributed by atoms with E-state index in [0.29, 0.717) is 0 Å². The maximum Gasteiger partial charge on any atom is -0.0165 e. The number of hydrogen-bond acceptors (Lipinski definition) is 0. The van der Waals surface area contributed by atoms with Gasteiger partial charge in [0.25, 0.3) is 0 Å². The lowest BCUT2D eigenvalue weighted by Gasteiger charge is -2.30. The molecule has 0 radical (unpaired) electrons. The second-order valence-electron chi connectivity index (χ2n) is 3.92. The van der Waals surface area contributed by atoms with Crippen LogP contribution in [-0.4, -0.2) is 0 Å². The SMILES string of the molecule is C.CC1=CC2CC=CCC2CC1. The number of allylic oxidation sites excluding steroid dienone is 4. The fourth-order valence-corrected chi connectivity index (χ4v) is 2.29. The Morgan fingerprint density at radius 3 is 2.83 bits per heavy atom. The van der Waals surface area contributed by atoms with Gasteiger partial charge >= 0.3 is 0 Å². The quantitative estimate of drug-likeness (QED) is 0.476. The second-order valence-corrected chi connectivity index (χ2v) is 3.92. The lowest BCUT2D eigenvalue weighted by molar-refractivity contribution is 0.342. The zero-order valence-electron chi connectivity index (χ0n) is 7.22. The van der Waals surface area contributed by atoms with Crippen molar-refractivity contribution in [3.8, 4) is 0 Å². The van der Waals surface area contributed by atoms with E-state index in [1.807, 2.05) is 0 Å². The monoisotopic (exact) mass is 164 g/mol. The highest BCUT2D eigenvalue weighted by Crippen LogP contribution is 2.35. The molecule has 0 heterocycles. The van der Waals surface area contributed by atoms with E-state index in [9.17, 15) is 0 Å². The zero-order valence-corrected chi connectivity index (χ0v) is 7.22. The third-order valence-electron chi connectivity index (χ3n) is 3.03. The van der Waals surface area contributed by atoms with Gasteiger partial charge in [-0.3, -0.25) is 0 Å². The highest BCUT2D eigenvalue weighted by molar-refractivity contribution is 5.11. The van der Waals surface area contributed by atoms with Crippen molar-refractivity contribution >= 4 is 0 Å². The standard InChI is InChI=1S/C11H16.CH4/c1-9-6-7-10-4-2-3-5-11(10)8-9;/h2-3,8,10-11H,4-7H2,1H3;1H4. The van der Waals surface area contributed by atoms with Crippen molar-refractivity contribution in [3.63, 3.8) is 0 Å². The van der Waals surface area contributed by atoms with Gasteiger partial charge < -0.3 is 0 Å². The van der Waals surface area contributed by atoms with Crippen LogP contribution in [0.2, 0.25) is 0 Å². The van der Waals surface area contributed by atoms with Gasteiger partial charge in [0, 0.05) is 0 Å². The summed E-state index contributed by atoms with van der Waals surface area (Å²) in [5.41, 5.74) is 1.61. The van der Waals surface area contributed by atoms with Crippen LogP contribution in [-0.2, 0) is 0 Å². The summed E-state index contributed by atoms with van der Waals surface area (Å²) < 4.78 is 0. The molecule has 2 unspecified atom stereocenters. The summed E-state index contributed by atoms with van der Waals surface area (Å²) in [5.74, 6) is 1.86. The Morgan fingerprint density at radius 2 is 2.00 bits per heavy atom. The molecule has 0 fully saturated rings. The van der Waals surface area contributed by atoms with Gasteiger partial charge in [-0.15, -0.1) is 0 Å². The minimum atomic E-state index is 0. The molecule has 0 heteroatoms. The summed E-state index contributed by atoms with van der Waals surface area (Å²) in [4.78, 5) is 0. The topological polar surface area (TPSA) is 0 Å². The second kappa shape index (κ2) is 3.93. The molecule has 0 aromatic carbocycles. The Hall–Kier alpha value is -0.520. The van der Waals surface area contributed by atoms with Gasteiger partial charge in [0.05, 0.1) is 0 Å². The largest absolute Gasteiger partial charge is 0.0882 e. The average Bonchev–Trinajstić information content (AvgIpc) is 2.04. The van der Waals surface area contributed by atoms with Gasteiger partial charge in [-0.1, -0.05) is 31.2 Å². The van der Waals surface area contributed by atoms with Crippen molar-refractivity contribution in [1.29, 1.82) is 0 Å². The summed E-state index contributed by atoms with van der Waals surface area (Å²) in [7, 11) is 0. The van der Waals surface area contributed by atoms with Crippen LogP contribution in [0.4, 0.5) is 0 Å². The Bertz CT molecular complexity index is 198. The molecule has 0 saturated heterocycles. The summed E-state index contributed by atoms with van der Waals surface area (Å²) in [6.45, 7) is 2.27. The third kappa shape index (κ3) is 1.80. The van der Waals surface area contributed by atoms with Crippen LogP contribution in [0, 0.1) is 11.8 Å². The van der Waals surface area contributed by atoms with Crippen molar-refractivity contribution < 1.29 is 0 Å². The van der Waals surface area contributed by atoms with Crippen LogP contribution in [0.25, 0.3) is 0 Å². The van der Waals surface area contributed by atoms with Gasteiger partial charge in [0.15, 0.2) is 0 Å². The third-order valence-corrected chi connectivity index (χ3v) is 3.03. The van der Waals surface area contributed by atoms with Gasteiger partial charge in [0.1, 0.15) is 0 Å². The Kier molecular flexibility index (Phi) is 3.13. The fraction of sp³-hybridized carbons (Fsp3) is 0.667. The van der Waals surface area contributed by atoms with Crippen molar-refractivity contribution in [2.24, 2.45) is 11.8 Å². The lowest BCUT2D eigenvalue weighted by atomic mass is 9.75. The lowest BCUT2D eigenvalue weighted by Crippen LogP contribution is -2.18. The van der Waals surface area contributed by atoms with Crippen molar-refractivity contribution in [1.82, 2.24) is 0 Å². The summed E-state index contributed by atoms with van der Waals surface area (Å²) in [6, 6.07) is 0. The van der Waals surface area contributed by atoms with E-state index in [-0.39, 0.29) is 7.43 Å². The highest BCUT2D eigenvalue weighted by Gasteiger charge is 2.23. The number of rotatable bonds is 0. The molecule has 68 valence electrons. The Balaban J connectivity index is 0.000000720. The minimum Gasteiger partial charge on any atom is -0.0882 e. The summed E-state index contributed by atoms with van der Waals surface area (Å²) in [5, 5.41) is 0. The number of fused-ring (bicyclic) bond motifs is 1. The molecule has 0 aromatic heterocycles. The van der Waals surface area contributed by atoms with Crippen molar-refractivity contribution in [2.45, 2.75) is 40.0 Å². The van der Waals surface area contributed by atoms with Gasteiger partial charge in [-0.2, -0.15) is 0 Å². The Morgan fingerprint density at radius 1 is 1.25 bits per heavy atom. The van der Waals surface area contributed by atoms with Gasteiger partial charge in [0.2, 0.25) is 0 Å². The molecule has 2 aliphatic carbocycles. The molecular formula is C12H20. The fourth-order valence-electron chi connectivity index (χ4n) is 2.29. The molecule has 0 amide bonds. The molecule has 0 N–H and O–H groups in total. The van der Waals surface area contributed by atoms with Crippen molar-refractivity contribution in [2.75, 3.05) is 0 Å². The predicted molar refractivity (Wildman–Crippen MR) is 55.1 cm³/mol. The summed E-state index contributed by atoms with van der Waals surface area (Å²) >= 11 is 0. The van der Waals surface area contributed by atoms with E-state index in [4.69, 9.17) is 0 Å². The van der Waals surface area contributed by atoms with E-state index in [1.165, 1.54) is 25.7 Å². The van der Waals surface area contributed by atoms with Crippen LogP contribution < -0.4 is 0 Å². The molecule has 0 aromatic rings. The first-order valence-electron chi connectivity index (χ1n) is 4.68. The van der Waals surface area contributed by atoms with Crippen LogP contribution in [0.1, 0.15) is 40.0 Å². The van der Waals surface area contributed by atoms with Crippen LogP contribution in [0.5, 0.6) is 0 Å². The smallest absolute Gasteiger partial charge is 0.0165 e. The van der Waals surface area contributed by atoms with E-state index in [0.717, 1.165) is 11.8 Å². The first kappa shape index (κ1) is 9.57. The van der Waals surface area contributed by atoms with Crippen molar-refractivity contribution in [3.05, 3.63) is 23.8 Å². The predicted octanol–water partition coefficient (Wildman–Crippen LogP) is 3.95. The zero-order chi connectivity index (χ0) is 7.68. The molecule has 2 atom stereocenters. The maximum atomic E-state index is 2.50. The van der Waals surface area contributed by atoms with E-state index in [2.05, 4.69) is 25.2 Å². The molecular weight excluding hydrogens is 144 g/mol. The first-order chi connectivity index (χ1) is 5.36. The molecule has 2 rings (SSSR count). The minimum absolute atomic E-state index is 0. The van der Waals surface area contributed by atoms with Crippen LogP contribution in [0.3, 0.4) is 0 Å². The molecule has 0 spiro atoms. The molecule has 0 aliphatic heterocycles. The Labute approximate surface area is 76.4 Å². The van der Waals surface area contributed by atoms with E-state index in [1.54, 1.807) is 5.57 Å². The molecule has 2 aliphatic rings. The van der Waals surface area contributed by atoms with Gasteiger partial charge in [-0.25, -0.2) is 0 Å². The van der Waals surface area contributed by atoms with Crippen LogP contribution in [0.15, 0.2) is 23.8 Å². The number of hydrogen-bond donors (Lipinski definition) is 0. The molecule has 0 bridgehead atoms. The first-order valence-corrected chi connectivity index (χ1v) is 4.68. The van der Waals surface area contributed by atoms with E-state index < -0.39 is 0 Å². The highest BCUT2D eigenvalue weighted by atomic mass is 14.3. The van der Waals surface area contributed by atoms with Gasteiger partial charge in [-0.05, 0) is 44.4 Å². The maximum absolute atomic E-state index is 2.50.